The monoisotopic (exact) mass is 421 g/mol. The molecule has 0 saturated carbocycles. The zero-order chi connectivity index (χ0) is 20.9. The second kappa shape index (κ2) is 7.62. The Balaban J connectivity index is 1.17. The molecule has 7 heteroatoms. The lowest BCUT2D eigenvalue weighted by Gasteiger charge is -2.43. The third kappa shape index (κ3) is 3.43. The number of pyridine rings is 1. The molecule has 2 atom stereocenters. The molecule has 6 heterocycles. The number of nitrogens with one attached hydrogen (secondary N) is 1. The molecule has 0 radical (unpaired) electrons. The van der Waals surface area contributed by atoms with Crippen LogP contribution in [-0.4, -0.2) is 55.6 Å². The van der Waals surface area contributed by atoms with E-state index in [0.717, 1.165) is 55.8 Å². The Bertz CT molecular complexity index is 1010. The van der Waals surface area contributed by atoms with Gasteiger partial charge in [0.1, 0.15) is 0 Å². The number of aryl methyl sites for hydroxylation is 1. The summed E-state index contributed by atoms with van der Waals surface area (Å²) in [5.74, 6) is 0.864. The van der Waals surface area contributed by atoms with Gasteiger partial charge in [-0.3, -0.25) is 19.6 Å². The average molecular weight is 422 g/mol. The van der Waals surface area contributed by atoms with Gasteiger partial charge in [0, 0.05) is 68.1 Å². The highest BCUT2D eigenvalue weighted by Gasteiger charge is 2.40. The van der Waals surface area contributed by atoms with E-state index >= 15 is 0 Å². The molecular formula is C24H31N5O2. The molecule has 7 nitrogen and oxygen atoms in total. The molecule has 0 unspecified atom stereocenters. The first kappa shape index (κ1) is 19.3. The van der Waals surface area contributed by atoms with E-state index in [1.807, 2.05) is 15.7 Å². The van der Waals surface area contributed by atoms with Crippen molar-refractivity contribution in [2.45, 2.75) is 76.0 Å². The molecule has 31 heavy (non-hydrogen) atoms. The average Bonchev–Trinajstić information content (AvgIpc) is 3.52. The maximum atomic E-state index is 13.4. The number of carbonyl (C=O) groups excluding carboxylic acids is 1. The van der Waals surface area contributed by atoms with Gasteiger partial charge in [-0.2, -0.15) is 5.10 Å². The van der Waals surface area contributed by atoms with Gasteiger partial charge in [-0.1, -0.05) is 6.07 Å². The van der Waals surface area contributed by atoms with Crippen molar-refractivity contribution < 1.29 is 4.79 Å². The molecule has 0 aromatic carbocycles. The molecule has 0 spiro atoms. The summed E-state index contributed by atoms with van der Waals surface area (Å²) < 4.78 is 2.04. The van der Waals surface area contributed by atoms with Crippen molar-refractivity contribution in [3.8, 4) is 0 Å². The molecule has 3 saturated heterocycles. The number of amides is 1. The minimum atomic E-state index is 0.207. The quantitative estimate of drug-likeness (QED) is 0.804. The highest BCUT2D eigenvalue weighted by molar-refractivity contribution is 5.76. The number of fused-ring (bicyclic) bond motifs is 6. The molecule has 2 aromatic rings. The maximum Gasteiger partial charge on any atom is 0.255 e. The predicted molar refractivity (Wildman–Crippen MR) is 117 cm³/mol. The van der Waals surface area contributed by atoms with Crippen LogP contribution in [0.5, 0.6) is 0 Å². The van der Waals surface area contributed by atoms with Crippen molar-refractivity contribution in [1.82, 2.24) is 24.6 Å². The molecule has 3 fully saturated rings. The smallest absolute Gasteiger partial charge is 0.255 e. The van der Waals surface area contributed by atoms with E-state index < -0.39 is 0 Å². The summed E-state index contributed by atoms with van der Waals surface area (Å²) in [5, 5.41) is 6.76. The predicted octanol–water partition coefficient (Wildman–Crippen LogP) is 2.28. The number of nitrogens with zero attached hydrogens (tertiary/aromatic N) is 4. The fourth-order valence-electron chi connectivity index (χ4n) is 6.61. The van der Waals surface area contributed by atoms with Gasteiger partial charge in [-0.05, 0) is 56.1 Å². The zero-order valence-electron chi connectivity index (χ0n) is 18.0. The lowest BCUT2D eigenvalue weighted by molar-refractivity contribution is -0.133. The summed E-state index contributed by atoms with van der Waals surface area (Å²) in [6.07, 6.45) is 11.1. The Morgan fingerprint density at radius 2 is 1.90 bits per heavy atom. The summed E-state index contributed by atoms with van der Waals surface area (Å²) in [6, 6.07) is 5.62. The van der Waals surface area contributed by atoms with E-state index in [0.29, 0.717) is 24.4 Å². The lowest BCUT2D eigenvalue weighted by atomic mass is 9.82. The Kier molecular flexibility index (Phi) is 4.74. The molecule has 1 amide bonds. The molecule has 0 aliphatic carbocycles. The SMILES string of the molecule is O=C(CCc1cn[nH]c1)N1C[C@@H]2C[C@H](C1)c1ccc(CN3C4CCC3CC4)c(=O)n1C2. The third-order valence-electron chi connectivity index (χ3n) is 8.18. The van der Waals surface area contributed by atoms with Gasteiger partial charge in [-0.15, -0.1) is 0 Å². The van der Waals surface area contributed by atoms with Crippen LogP contribution in [0.1, 0.15) is 61.3 Å². The Hall–Kier alpha value is -2.41. The number of aromatic amines is 1. The molecule has 4 aliphatic heterocycles. The number of H-pyrrole nitrogens is 1. The standard InChI is InChI=1S/C24H31N5O2/c30-23(8-1-16-10-25-26-11-16)27-12-17-9-19(14-27)22-7-2-18(24(31)29(22)13-17)15-28-20-3-4-21(28)6-5-20/h2,7,10-11,17,19-21H,1,3-6,8-9,12-15H2,(H,25,26)/t17-,19+,20?,21?/m0/s1. The van der Waals surface area contributed by atoms with Gasteiger partial charge in [0.15, 0.2) is 0 Å². The molecule has 164 valence electrons. The summed E-state index contributed by atoms with van der Waals surface area (Å²) in [6.45, 7) is 3.06. The van der Waals surface area contributed by atoms with Crippen molar-refractivity contribution in [3.05, 3.63) is 51.7 Å². The normalized spacial score (nSPS) is 29.4. The van der Waals surface area contributed by atoms with Gasteiger partial charge in [0.2, 0.25) is 5.91 Å². The molecule has 2 aromatic heterocycles. The molecule has 1 N–H and O–H groups in total. The van der Waals surface area contributed by atoms with Crippen LogP contribution in [0.2, 0.25) is 0 Å². The Morgan fingerprint density at radius 1 is 1.10 bits per heavy atom. The number of aromatic nitrogens is 3. The van der Waals surface area contributed by atoms with Crippen LogP contribution in [-0.2, 0) is 24.3 Å². The van der Waals surface area contributed by atoms with Gasteiger partial charge in [0.25, 0.3) is 5.56 Å². The van der Waals surface area contributed by atoms with Crippen LogP contribution in [0.3, 0.4) is 0 Å². The third-order valence-corrected chi connectivity index (χ3v) is 8.18. The van der Waals surface area contributed by atoms with Gasteiger partial charge < -0.3 is 9.47 Å². The van der Waals surface area contributed by atoms with Crippen molar-refractivity contribution in [2.24, 2.45) is 5.92 Å². The van der Waals surface area contributed by atoms with Crippen LogP contribution in [0.25, 0.3) is 0 Å². The zero-order valence-corrected chi connectivity index (χ0v) is 18.0. The van der Waals surface area contributed by atoms with E-state index in [1.54, 1.807) is 6.20 Å². The number of carbonyl (C=O) groups is 1. The van der Waals surface area contributed by atoms with Gasteiger partial charge in [-0.25, -0.2) is 0 Å². The summed E-state index contributed by atoms with van der Waals surface area (Å²) in [7, 11) is 0. The minimum Gasteiger partial charge on any atom is -0.342 e. The van der Waals surface area contributed by atoms with E-state index in [4.69, 9.17) is 0 Å². The first-order valence-electron chi connectivity index (χ1n) is 11.9. The summed E-state index contributed by atoms with van der Waals surface area (Å²) in [4.78, 5) is 30.8. The fraction of sp³-hybridized carbons (Fsp3) is 0.625. The van der Waals surface area contributed by atoms with E-state index in [2.05, 4.69) is 27.2 Å². The number of hydrogen-bond donors (Lipinski definition) is 1. The van der Waals surface area contributed by atoms with Crippen LogP contribution in [0, 0.1) is 5.92 Å². The molecule has 4 bridgehead atoms. The highest BCUT2D eigenvalue weighted by Crippen LogP contribution is 2.39. The second-order valence-corrected chi connectivity index (χ2v) is 10.0. The fourth-order valence-corrected chi connectivity index (χ4v) is 6.61. The molecule has 6 rings (SSSR count). The van der Waals surface area contributed by atoms with Crippen molar-refractivity contribution >= 4 is 5.91 Å². The highest BCUT2D eigenvalue weighted by atomic mass is 16.2. The van der Waals surface area contributed by atoms with Crippen molar-refractivity contribution in [1.29, 1.82) is 0 Å². The molecule has 4 aliphatic rings. The Labute approximate surface area is 182 Å². The largest absolute Gasteiger partial charge is 0.342 e. The van der Waals surface area contributed by atoms with Gasteiger partial charge >= 0.3 is 0 Å². The minimum absolute atomic E-state index is 0.207. The summed E-state index contributed by atoms with van der Waals surface area (Å²) in [5.41, 5.74) is 3.36. The number of rotatable bonds is 5. The van der Waals surface area contributed by atoms with Crippen LogP contribution in [0.4, 0.5) is 0 Å². The van der Waals surface area contributed by atoms with Crippen LogP contribution in [0.15, 0.2) is 29.3 Å². The van der Waals surface area contributed by atoms with E-state index in [1.165, 1.54) is 25.7 Å². The second-order valence-electron chi connectivity index (χ2n) is 10.0. The van der Waals surface area contributed by atoms with Crippen molar-refractivity contribution in [3.63, 3.8) is 0 Å². The van der Waals surface area contributed by atoms with Crippen LogP contribution >= 0.6 is 0 Å². The topological polar surface area (TPSA) is 74.2 Å². The van der Waals surface area contributed by atoms with E-state index in [9.17, 15) is 9.59 Å². The van der Waals surface area contributed by atoms with Crippen molar-refractivity contribution in [2.75, 3.05) is 13.1 Å². The maximum absolute atomic E-state index is 13.4. The number of likely N-dealkylation sites (tertiary alicyclic amines) is 1. The number of hydrogen-bond acceptors (Lipinski definition) is 4. The summed E-state index contributed by atoms with van der Waals surface area (Å²) >= 11 is 0. The molecular weight excluding hydrogens is 390 g/mol. The number of piperidine rings is 1. The first-order chi connectivity index (χ1) is 15.2. The van der Waals surface area contributed by atoms with Crippen LogP contribution < -0.4 is 5.56 Å². The van der Waals surface area contributed by atoms with E-state index in [-0.39, 0.29) is 17.4 Å². The Morgan fingerprint density at radius 3 is 2.65 bits per heavy atom. The lowest BCUT2D eigenvalue weighted by Crippen LogP contribution is -2.49. The van der Waals surface area contributed by atoms with Gasteiger partial charge in [0.05, 0.1) is 6.20 Å². The first-order valence-corrected chi connectivity index (χ1v) is 11.9.